The van der Waals surface area contributed by atoms with Gasteiger partial charge in [-0.25, -0.2) is 0 Å². The molecule has 0 saturated carbocycles. The Kier molecular flexibility index (Phi) is 6.41. The van der Waals surface area contributed by atoms with E-state index in [-0.39, 0.29) is 17.9 Å². The molecule has 0 spiro atoms. The van der Waals surface area contributed by atoms with Crippen LogP contribution >= 0.6 is 0 Å². The van der Waals surface area contributed by atoms with Gasteiger partial charge in [-0.1, -0.05) is 48.5 Å². The summed E-state index contributed by atoms with van der Waals surface area (Å²) in [7, 11) is 0. The molecule has 0 unspecified atom stereocenters. The largest absolute Gasteiger partial charge is 0.489 e. The van der Waals surface area contributed by atoms with Crippen molar-refractivity contribution < 1.29 is 9.53 Å². The van der Waals surface area contributed by atoms with Gasteiger partial charge >= 0.3 is 0 Å². The molecule has 0 radical (unpaired) electrons. The average molecular weight is 362 g/mol. The number of benzene rings is 2. The lowest BCUT2D eigenvalue weighted by molar-refractivity contribution is -0.121. The minimum atomic E-state index is -0.103. The molecule has 138 valence electrons. The molecule has 0 fully saturated rings. The third-order valence-electron chi connectivity index (χ3n) is 4.12. The Morgan fingerprint density at radius 3 is 2.52 bits per heavy atom. The Morgan fingerprint density at radius 2 is 1.70 bits per heavy atom. The smallest absolute Gasteiger partial charge is 0.250 e. The number of pyridine rings is 1. The minimum absolute atomic E-state index is 0.0960. The van der Waals surface area contributed by atoms with Gasteiger partial charge in [0, 0.05) is 31.8 Å². The lowest BCUT2D eigenvalue weighted by atomic mass is 10.2. The van der Waals surface area contributed by atoms with E-state index in [4.69, 9.17) is 4.74 Å². The third-order valence-corrected chi connectivity index (χ3v) is 4.12. The average Bonchev–Trinajstić information content (AvgIpc) is 2.71. The summed E-state index contributed by atoms with van der Waals surface area (Å²) in [4.78, 5) is 23.7. The molecule has 1 N–H and O–H groups in total. The van der Waals surface area contributed by atoms with E-state index >= 15 is 0 Å². The van der Waals surface area contributed by atoms with Gasteiger partial charge in [0.15, 0.2) is 0 Å². The maximum absolute atomic E-state index is 12.0. The van der Waals surface area contributed by atoms with Crippen molar-refractivity contribution >= 4 is 5.91 Å². The zero-order chi connectivity index (χ0) is 18.9. The molecule has 1 aromatic heterocycles. The number of rotatable bonds is 8. The predicted molar refractivity (Wildman–Crippen MR) is 104 cm³/mol. The monoisotopic (exact) mass is 362 g/mol. The van der Waals surface area contributed by atoms with Crippen LogP contribution in [0.25, 0.3) is 0 Å². The van der Waals surface area contributed by atoms with Crippen molar-refractivity contribution in [3.63, 3.8) is 0 Å². The highest BCUT2D eigenvalue weighted by Crippen LogP contribution is 2.15. The molecular weight excluding hydrogens is 340 g/mol. The fraction of sp³-hybridized carbons (Fsp3) is 0.182. The number of aromatic nitrogens is 1. The SMILES string of the molecule is O=C(CCn1ccccc1=O)NCc1cccc(OCc2ccccc2)c1. The molecule has 0 saturated heterocycles. The van der Waals surface area contributed by atoms with E-state index in [0.29, 0.717) is 19.7 Å². The minimum Gasteiger partial charge on any atom is -0.489 e. The topological polar surface area (TPSA) is 60.3 Å². The number of aryl methyl sites for hydroxylation is 1. The summed E-state index contributed by atoms with van der Waals surface area (Å²) in [6.07, 6.45) is 1.94. The highest BCUT2D eigenvalue weighted by atomic mass is 16.5. The number of amides is 1. The molecule has 3 rings (SSSR count). The first kappa shape index (κ1) is 18.5. The van der Waals surface area contributed by atoms with Gasteiger partial charge < -0.3 is 14.6 Å². The molecule has 1 amide bonds. The molecule has 0 aliphatic carbocycles. The summed E-state index contributed by atoms with van der Waals surface area (Å²) in [6.45, 7) is 1.29. The van der Waals surface area contributed by atoms with Crippen LogP contribution < -0.4 is 15.6 Å². The predicted octanol–water partition coefficient (Wildman–Crippen LogP) is 3.13. The van der Waals surface area contributed by atoms with Crippen LogP contribution in [0.5, 0.6) is 5.75 Å². The molecule has 3 aromatic rings. The van der Waals surface area contributed by atoms with Crippen molar-refractivity contribution in [1.29, 1.82) is 0 Å². The van der Waals surface area contributed by atoms with Crippen molar-refractivity contribution in [3.8, 4) is 5.75 Å². The van der Waals surface area contributed by atoms with Gasteiger partial charge in [0.1, 0.15) is 12.4 Å². The van der Waals surface area contributed by atoms with Crippen LogP contribution in [-0.4, -0.2) is 10.5 Å². The Labute approximate surface area is 158 Å². The summed E-state index contributed by atoms with van der Waals surface area (Å²) in [5.41, 5.74) is 1.96. The second-order valence-electron chi connectivity index (χ2n) is 6.18. The fourth-order valence-electron chi connectivity index (χ4n) is 2.64. The lowest BCUT2D eigenvalue weighted by Crippen LogP contribution is -2.26. The molecule has 27 heavy (non-hydrogen) atoms. The summed E-state index contributed by atoms with van der Waals surface area (Å²) in [6, 6.07) is 22.6. The van der Waals surface area contributed by atoms with Crippen LogP contribution in [0.3, 0.4) is 0 Å². The Morgan fingerprint density at radius 1 is 0.926 bits per heavy atom. The van der Waals surface area contributed by atoms with Crippen molar-refractivity contribution in [2.75, 3.05) is 0 Å². The van der Waals surface area contributed by atoms with Gasteiger partial charge in [-0.15, -0.1) is 0 Å². The summed E-state index contributed by atoms with van der Waals surface area (Å²) in [5.74, 6) is 0.669. The number of carbonyl (C=O) groups is 1. The van der Waals surface area contributed by atoms with Crippen molar-refractivity contribution in [1.82, 2.24) is 9.88 Å². The molecule has 0 bridgehead atoms. The maximum Gasteiger partial charge on any atom is 0.250 e. The zero-order valence-electron chi connectivity index (χ0n) is 15.0. The quantitative estimate of drug-likeness (QED) is 0.670. The Balaban J connectivity index is 1.47. The van der Waals surface area contributed by atoms with Gasteiger partial charge in [-0.05, 0) is 29.3 Å². The van der Waals surface area contributed by atoms with Crippen molar-refractivity contribution in [3.05, 3.63) is 100 Å². The van der Waals surface area contributed by atoms with E-state index in [9.17, 15) is 9.59 Å². The Bertz CT molecular complexity index is 935. The van der Waals surface area contributed by atoms with E-state index < -0.39 is 0 Å². The summed E-state index contributed by atoms with van der Waals surface area (Å²) >= 11 is 0. The highest BCUT2D eigenvalue weighted by Gasteiger charge is 2.04. The second kappa shape index (κ2) is 9.38. The van der Waals surface area contributed by atoms with Gasteiger partial charge in [0.2, 0.25) is 5.91 Å². The molecule has 0 atom stereocenters. The van der Waals surface area contributed by atoms with Crippen LogP contribution in [0.4, 0.5) is 0 Å². The van der Waals surface area contributed by atoms with E-state index in [1.54, 1.807) is 18.3 Å². The van der Waals surface area contributed by atoms with E-state index in [2.05, 4.69) is 5.32 Å². The normalized spacial score (nSPS) is 10.4. The van der Waals surface area contributed by atoms with Gasteiger partial charge in [-0.2, -0.15) is 0 Å². The van der Waals surface area contributed by atoms with Gasteiger partial charge in [0.05, 0.1) is 0 Å². The third kappa shape index (κ3) is 5.85. The number of hydrogen-bond donors (Lipinski definition) is 1. The van der Waals surface area contributed by atoms with E-state index in [1.165, 1.54) is 10.6 Å². The number of nitrogens with zero attached hydrogens (tertiary/aromatic N) is 1. The van der Waals surface area contributed by atoms with Crippen LogP contribution in [0.2, 0.25) is 0 Å². The first-order chi connectivity index (χ1) is 13.2. The number of ether oxygens (including phenoxy) is 1. The van der Waals surface area contributed by atoms with Gasteiger partial charge in [-0.3, -0.25) is 9.59 Å². The standard InChI is InChI=1S/C22H22N2O3/c25-21(12-14-24-13-5-4-11-22(24)26)23-16-19-9-6-10-20(15-19)27-17-18-7-2-1-3-8-18/h1-11,13,15H,12,14,16-17H2,(H,23,25). The first-order valence-electron chi connectivity index (χ1n) is 8.88. The van der Waals surface area contributed by atoms with Crippen molar-refractivity contribution in [2.45, 2.75) is 26.1 Å². The first-order valence-corrected chi connectivity index (χ1v) is 8.88. The fourth-order valence-corrected chi connectivity index (χ4v) is 2.64. The summed E-state index contributed by atoms with van der Waals surface area (Å²) in [5, 5.41) is 2.88. The van der Waals surface area contributed by atoms with Crippen LogP contribution in [0, 0.1) is 0 Å². The van der Waals surface area contributed by atoms with Gasteiger partial charge in [0.25, 0.3) is 5.56 Å². The molecule has 0 aliphatic rings. The maximum atomic E-state index is 12.0. The molecule has 5 heteroatoms. The molecule has 5 nitrogen and oxygen atoms in total. The van der Waals surface area contributed by atoms with E-state index in [0.717, 1.165) is 16.9 Å². The van der Waals surface area contributed by atoms with Crippen molar-refractivity contribution in [2.24, 2.45) is 0 Å². The zero-order valence-corrected chi connectivity index (χ0v) is 15.0. The lowest BCUT2D eigenvalue weighted by Gasteiger charge is -2.10. The Hall–Kier alpha value is -3.34. The van der Waals surface area contributed by atoms with Crippen LogP contribution in [0.15, 0.2) is 83.8 Å². The number of carbonyl (C=O) groups excluding carboxylic acids is 1. The summed E-state index contributed by atoms with van der Waals surface area (Å²) < 4.78 is 7.33. The van der Waals surface area contributed by atoms with Crippen LogP contribution in [-0.2, 0) is 24.5 Å². The second-order valence-corrected chi connectivity index (χ2v) is 6.18. The number of nitrogens with one attached hydrogen (secondary N) is 1. The molecule has 1 heterocycles. The molecule has 2 aromatic carbocycles. The number of hydrogen-bond acceptors (Lipinski definition) is 3. The van der Waals surface area contributed by atoms with Crippen LogP contribution in [0.1, 0.15) is 17.5 Å². The highest BCUT2D eigenvalue weighted by molar-refractivity contribution is 5.75. The molecular formula is C22H22N2O3. The van der Waals surface area contributed by atoms with E-state index in [1.807, 2.05) is 54.6 Å². The molecule has 0 aliphatic heterocycles.